The van der Waals surface area contributed by atoms with Gasteiger partial charge in [0, 0.05) is 0 Å². The van der Waals surface area contributed by atoms with Crippen LogP contribution in [0.5, 0.6) is 0 Å². The Morgan fingerprint density at radius 1 is 0.235 bits per heavy atom. The van der Waals surface area contributed by atoms with E-state index in [0.717, 1.165) is 94.8 Å². The topological polar surface area (TPSA) is 36.9 Å². The van der Waals surface area contributed by atoms with Crippen LogP contribution in [0.15, 0.2) is 146 Å². The van der Waals surface area contributed by atoms with Gasteiger partial charge in [0.25, 0.3) is 0 Å². The Kier molecular flexibility index (Phi) is 16.3. The minimum absolute atomic E-state index is 0.710. The van der Waals surface area contributed by atoms with Crippen molar-refractivity contribution in [3.8, 4) is 22.3 Å². The molecule has 4 nitrogen and oxygen atoms in total. The highest BCUT2D eigenvalue weighted by Gasteiger charge is 2.48. The molecule has 12 aliphatic carbocycles. The van der Waals surface area contributed by atoms with E-state index in [9.17, 15) is 0 Å². The minimum atomic E-state index is -2.11. The molecule has 0 fully saturated rings. The highest BCUT2D eigenvalue weighted by atomic mass is 28.4. The van der Waals surface area contributed by atoms with Crippen LogP contribution in [-0.2, 0) is 40.1 Å². The molecular formula is C60H84O4Si4. The Morgan fingerprint density at radius 3 is 0.485 bits per heavy atom. The highest BCUT2D eigenvalue weighted by Crippen LogP contribution is 2.49. The molecule has 0 amide bonds. The molecule has 0 saturated heterocycles. The second-order valence-corrected chi connectivity index (χ2v) is 39.0. The lowest BCUT2D eigenvalue weighted by atomic mass is 9.80. The van der Waals surface area contributed by atoms with Crippen molar-refractivity contribution in [3.05, 3.63) is 168 Å². The van der Waals surface area contributed by atoms with E-state index in [0.29, 0.717) is 0 Å². The van der Waals surface area contributed by atoms with Gasteiger partial charge in [-0.2, -0.15) is 0 Å². The Bertz CT molecular complexity index is 2000. The van der Waals surface area contributed by atoms with Gasteiger partial charge < -0.3 is 17.7 Å². The molecule has 68 heavy (non-hydrogen) atoms. The lowest BCUT2D eigenvalue weighted by Crippen LogP contribution is -2.48. The smallest absolute Gasteiger partial charge is 0.194 e. The number of hydrogen-bond acceptors (Lipinski definition) is 4. The van der Waals surface area contributed by atoms with Gasteiger partial charge >= 0.3 is 0 Å². The van der Waals surface area contributed by atoms with Crippen molar-refractivity contribution in [2.75, 3.05) is 0 Å². The van der Waals surface area contributed by atoms with Crippen LogP contribution < -0.4 is 0 Å². The fraction of sp³-hybridized carbons (Fsp3) is 0.467. The summed E-state index contributed by atoms with van der Waals surface area (Å²) in [5, 5.41) is 0. The average molecular weight is 982 g/mol. The predicted octanol–water partition coefficient (Wildman–Crippen LogP) is 17.9. The lowest BCUT2D eigenvalue weighted by molar-refractivity contribution is 0.121. The normalized spacial score (nSPS) is 23.4. The zero-order chi connectivity index (χ0) is 48.9. The molecule has 0 unspecified atom stereocenters. The first-order valence-corrected chi connectivity index (χ1v) is 36.9. The highest BCUT2D eigenvalue weighted by molar-refractivity contribution is 6.75. The monoisotopic (exact) mass is 981 g/mol. The first-order chi connectivity index (χ1) is 32.7. The Labute approximate surface area is 416 Å². The predicted molar refractivity (Wildman–Crippen MR) is 300 cm³/mol. The number of rotatable bonds is 20. The second kappa shape index (κ2) is 21.1. The molecule has 0 aliphatic heterocycles. The van der Waals surface area contributed by atoms with Crippen LogP contribution in [0, 0.1) is 0 Å². The average Bonchev–Trinajstić information content (AvgIpc) is 3.41. The Morgan fingerprint density at radius 2 is 0.368 bits per heavy atom. The second-order valence-electron chi connectivity index (χ2n) is 20.2. The SMILES string of the molecule is CC[Si](CC)(CC)OC12C=CC(O[Si](CC)(CC)CC)(C=C1)c1ccc(cc1)-c1ccc(cc1)C1(O[Si](CC)(CC)CC)C=CC(O[Si](CC)(CC)CC)(C=C1)c1ccc(cc1)-c1ccc2cc1. The largest absolute Gasteiger partial charge is 0.401 e. The Balaban J connectivity index is 1.46. The maximum Gasteiger partial charge on any atom is 0.194 e. The van der Waals surface area contributed by atoms with Gasteiger partial charge in [0.15, 0.2) is 33.3 Å². The molecule has 12 aliphatic rings. The summed E-state index contributed by atoms with van der Waals surface area (Å²) in [6, 6.07) is 49.6. The molecule has 0 radical (unpaired) electrons. The van der Waals surface area contributed by atoms with Crippen LogP contribution in [0.3, 0.4) is 0 Å². The summed E-state index contributed by atoms with van der Waals surface area (Å²) in [5.41, 5.74) is 6.50. The third-order valence-electron chi connectivity index (χ3n) is 17.6. The molecule has 16 rings (SSSR count). The van der Waals surface area contributed by atoms with Crippen molar-refractivity contribution in [3.63, 3.8) is 0 Å². The molecule has 4 aromatic carbocycles. The minimum Gasteiger partial charge on any atom is -0.401 e. The summed E-state index contributed by atoms with van der Waals surface area (Å²) in [6.45, 7) is 27.9. The quantitative estimate of drug-likeness (QED) is 0.0653. The molecule has 0 saturated carbocycles. The van der Waals surface area contributed by atoms with Crippen molar-refractivity contribution >= 4 is 33.3 Å². The van der Waals surface area contributed by atoms with Gasteiger partial charge in [-0.3, -0.25) is 0 Å². The van der Waals surface area contributed by atoms with E-state index in [1.54, 1.807) is 0 Å². The number of benzene rings is 4. The number of hydrogen-bond donors (Lipinski definition) is 0. The summed E-state index contributed by atoms with van der Waals surface area (Å²) in [4.78, 5) is 0. The van der Waals surface area contributed by atoms with Crippen LogP contribution in [-0.4, -0.2) is 33.3 Å². The van der Waals surface area contributed by atoms with Crippen LogP contribution in [0.1, 0.15) is 105 Å². The third kappa shape index (κ3) is 9.67. The van der Waals surface area contributed by atoms with Crippen LogP contribution in [0.25, 0.3) is 22.3 Å². The van der Waals surface area contributed by atoms with Gasteiger partial charge in [-0.25, -0.2) is 0 Å². The van der Waals surface area contributed by atoms with Gasteiger partial charge in [-0.1, -0.05) is 180 Å². The van der Waals surface area contributed by atoms with Crippen LogP contribution >= 0.6 is 0 Å². The van der Waals surface area contributed by atoms with Crippen molar-refractivity contribution in [2.24, 2.45) is 0 Å². The van der Waals surface area contributed by atoms with E-state index < -0.39 is 55.7 Å². The molecule has 4 aromatic rings. The van der Waals surface area contributed by atoms with Crippen LogP contribution in [0.4, 0.5) is 0 Å². The Hall–Kier alpha value is -3.45. The fourth-order valence-corrected chi connectivity index (χ4v) is 23.1. The summed E-state index contributed by atoms with van der Waals surface area (Å²) in [7, 11) is -8.45. The van der Waals surface area contributed by atoms with Crippen LogP contribution in [0.2, 0.25) is 72.5 Å². The standard InChI is InChI=1S/C60H84O4Si4/c1-13-65(14-2,15-3)61-57-41-43-58(44-42-57,62-66(16-4,17-5)18-6)54-35-27-51(28-36-54)52-31-39-56(40-32-52)60(64-68(22-10,23-11)24-12)47-45-59(46-48-60,63-67(19-7,20-8)21-9)55-37-29-50(30-38-55)49-25-33-53(57)34-26-49/h25-48H,13-24H2,1-12H3. The first kappa shape index (κ1) is 52.4. The van der Waals surface area contributed by atoms with E-state index in [1.807, 2.05) is 0 Å². The van der Waals surface area contributed by atoms with Crippen molar-refractivity contribution in [1.29, 1.82) is 0 Å². The van der Waals surface area contributed by atoms with Crippen molar-refractivity contribution < 1.29 is 17.7 Å². The van der Waals surface area contributed by atoms with E-state index in [-0.39, 0.29) is 0 Å². The van der Waals surface area contributed by atoms with E-state index in [1.165, 1.54) is 22.3 Å². The maximum absolute atomic E-state index is 7.67. The molecule has 8 heteroatoms. The lowest BCUT2D eigenvalue weighted by Gasteiger charge is -2.46. The third-order valence-corrected chi connectivity index (χ3v) is 36.1. The summed E-state index contributed by atoms with van der Waals surface area (Å²) >= 11 is 0. The van der Waals surface area contributed by atoms with Gasteiger partial charge in [0.1, 0.15) is 22.4 Å². The van der Waals surface area contributed by atoms with Crippen molar-refractivity contribution in [2.45, 2.75) is 178 Å². The summed E-state index contributed by atoms with van der Waals surface area (Å²) < 4.78 is 30.7. The molecule has 12 bridgehead atoms. The van der Waals surface area contributed by atoms with E-state index >= 15 is 0 Å². The molecule has 364 valence electrons. The van der Waals surface area contributed by atoms with Gasteiger partial charge in [0.2, 0.25) is 0 Å². The zero-order valence-corrected chi connectivity index (χ0v) is 48.0. The molecule has 0 aromatic heterocycles. The summed E-state index contributed by atoms with van der Waals surface area (Å²) in [6.07, 6.45) is 18.9. The molecule has 0 heterocycles. The molecule has 0 spiro atoms. The maximum atomic E-state index is 7.67. The zero-order valence-electron chi connectivity index (χ0n) is 44.0. The van der Waals surface area contributed by atoms with E-state index in [2.05, 4.69) is 229 Å². The molecular weight excluding hydrogens is 897 g/mol. The van der Waals surface area contributed by atoms with E-state index in [4.69, 9.17) is 17.7 Å². The molecule has 0 N–H and O–H groups in total. The first-order valence-electron chi connectivity index (χ1n) is 26.8. The van der Waals surface area contributed by atoms with Gasteiger partial charge in [-0.05, 0) is 166 Å². The van der Waals surface area contributed by atoms with Gasteiger partial charge in [-0.15, -0.1) is 0 Å². The van der Waals surface area contributed by atoms with Crippen molar-refractivity contribution in [1.82, 2.24) is 0 Å². The fourth-order valence-electron chi connectivity index (χ4n) is 11.5. The van der Waals surface area contributed by atoms with Gasteiger partial charge in [0.05, 0.1) is 0 Å². The molecule has 0 atom stereocenters. The summed E-state index contributed by atoms with van der Waals surface area (Å²) in [5.74, 6) is 0.